The molecule has 0 heterocycles. The van der Waals surface area contributed by atoms with Crippen LogP contribution in [0.15, 0.2) is 97.4 Å². The number of nitrogens with two attached hydrogens (primary N) is 1. The molecular formula is C39H56ClFN2OS. The molecule has 3 N–H and O–H groups in total. The predicted molar refractivity (Wildman–Crippen MR) is 196 cm³/mol. The van der Waals surface area contributed by atoms with Crippen molar-refractivity contribution >= 4 is 23.7 Å². The third-order valence-corrected chi connectivity index (χ3v) is 10.2. The van der Waals surface area contributed by atoms with E-state index in [0.29, 0.717) is 40.5 Å². The van der Waals surface area contributed by atoms with Crippen molar-refractivity contribution in [3.63, 3.8) is 0 Å². The van der Waals surface area contributed by atoms with E-state index in [1.807, 2.05) is 48.5 Å². The van der Waals surface area contributed by atoms with Crippen LogP contribution in [0.1, 0.15) is 83.1 Å². The summed E-state index contributed by atoms with van der Waals surface area (Å²) in [6.45, 7) is 24.1. The number of hydrogen-bond donors (Lipinski definition) is 2. The maximum absolute atomic E-state index is 14.4. The van der Waals surface area contributed by atoms with Crippen LogP contribution in [-0.2, 0) is 6.42 Å². The number of rotatable bonds is 21. The lowest BCUT2D eigenvalue weighted by Crippen LogP contribution is -2.39. The number of methoxy groups -OCH3 is 1. The molecule has 0 aliphatic heterocycles. The summed E-state index contributed by atoms with van der Waals surface area (Å²) in [6, 6.07) is 16.0. The summed E-state index contributed by atoms with van der Waals surface area (Å²) in [5.41, 5.74) is 10.9. The van der Waals surface area contributed by atoms with E-state index in [9.17, 15) is 3.89 Å². The Labute approximate surface area is 282 Å². The van der Waals surface area contributed by atoms with Crippen molar-refractivity contribution in [1.82, 2.24) is 5.32 Å². The molecule has 2 aromatic carbocycles. The number of benzene rings is 2. The Morgan fingerprint density at radius 1 is 1.04 bits per heavy atom. The Balaban J connectivity index is 2.12. The zero-order valence-corrected chi connectivity index (χ0v) is 29.9. The highest BCUT2D eigenvalue weighted by molar-refractivity contribution is 7.94. The zero-order valence-electron chi connectivity index (χ0n) is 28.3. The van der Waals surface area contributed by atoms with E-state index in [-0.39, 0.29) is 29.0 Å². The van der Waals surface area contributed by atoms with Gasteiger partial charge in [0, 0.05) is 23.4 Å². The van der Waals surface area contributed by atoms with Crippen molar-refractivity contribution < 1.29 is 8.62 Å². The molecular weight excluding hydrogens is 599 g/mol. The minimum Gasteiger partial charge on any atom is -0.495 e. The molecule has 0 saturated heterocycles. The van der Waals surface area contributed by atoms with E-state index in [4.69, 9.17) is 22.1 Å². The maximum Gasteiger partial charge on any atom is 0.137 e. The molecule has 45 heavy (non-hydrogen) atoms. The van der Waals surface area contributed by atoms with E-state index in [1.165, 1.54) is 11.1 Å². The minimum absolute atomic E-state index is 0.0538. The molecule has 0 fully saturated rings. The number of halogens is 2. The number of ether oxygens (including phenoxy) is 1. The van der Waals surface area contributed by atoms with Crippen LogP contribution in [-0.4, -0.2) is 13.2 Å². The number of nitrogens with one attached hydrogen (secondary N) is 1. The largest absolute Gasteiger partial charge is 0.495 e. The summed E-state index contributed by atoms with van der Waals surface area (Å²) in [5.74, 6) is 2.08. The summed E-state index contributed by atoms with van der Waals surface area (Å²) in [6.07, 6.45) is 9.63. The molecule has 0 aromatic heterocycles. The second-order valence-electron chi connectivity index (χ2n) is 13.1. The summed E-state index contributed by atoms with van der Waals surface area (Å²) < 4.78 is 19.7. The molecule has 0 bridgehead atoms. The summed E-state index contributed by atoms with van der Waals surface area (Å²) in [4.78, 5) is 0. The fraction of sp³-hybridized carbons (Fsp3) is 0.487. The lowest BCUT2D eigenvalue weighted by atomic mass is 9.81. The number of hydrogen-bond acceptors (Lipinski definition) is 4. The Bertz CT molecular complexity index is 1250. The fourth-order valence-electron chi connectivity index (χ4n) is 5.97. The molecule has 248 valence electrons. The van der Waals surface area contributed by atoms with Crippen LogP contribution in [0.5, 0.6) is 5.75 Å². The molecule has 0 aliphatic rings. The molecule has 0 aliphatic carbocycles. The van der Waals surface area contributed by atoms with Gasteiger partial charge in [-0.15, -0.1) is 0 Å². The van der Waals surface area contributed by atoms with Crippen LogP contribution in [0.25, 0.3) is 0 Å². The van der Waals surface area contributed by atoms with Crippen LogP contribution >= 0.6 is 23.7 Å². The lowest BCUT2D eigenvalue weighted by Gasteiger charge is -2.36. The van der Waals surface area contributed by atoms with Crippen LogP contribution in [0.3, 0.4) is 0 Å². The average Bonchev–Trinajstić information content (AvgIpc) is 3.00. The second-order valence-corrected chi connectivity index (χ2v) is 14.2. The van der Waals surface area contributed by atoms with Crippen molar-refractivity contribution in [3.05, 3.63) is 114 Å². The van der Waals surface area contributed by atoms with Gasteiger partial charge in [0.2, 0.25) is 0 Å². The highest BCUT2D eigenvalue weighted by Gasteiger charge is 2.31. The molecule has 6 heteroatoms. The highest BCUT2D eigenvalue weighted by atomic mass is 35.5. The van der Waals surface area contributed by atoms with Crippen molar-refractivity contribution in [2.24, 2.45) is 35.3 Å². The molecule has 0 spiro atoms. The zero-order chi connectivity index (χ0) is 33.5. The van der Waals surface area contributed by atoms with Gasteiger partial charge in [-0.25, -0.2) is 0 Å². The highest BCUT2D eigenvalue weighted by Crippen LogP contribution is 2.42. The van der Waals surface area contributed by atoms with E-state index in [2.05, 4.69) is 71.8 Å². The first-order chi connectivity index (χ1) is 21.4. The first kappa shape index (κ1) is 38.6. The fourth-order valence-corrected chi connectivity index (χ4v) is 6.92. The van der Waals surface area contributed by atoms with Crippen molar-refractivity contribution in [1.29, 1.82) is 0 Å². The van der Waals surface area contributed by atoms with Gasteiger partial charge in [0.1, 0.15) is 5.75 Å². The quantitative estimate of drug-likeness (QED) is 0.104. The van der Waals surface area contributed by atoms with Gasteiger partial charge in [0.15, 0.2) is 0 Å². The summed E-state index contributed by atoms with van der Waals surface area (Å²) in [5, 5.41) is 4.22. The monoisotopic (exact) mass is 654 g/mol. The Morgan fingerprint density at radius 3 is 2.31 bits per heavy atom. The van der Waals surface area contributed by atoms with Gasteiger partial charge < -0.3 is 15.8 Å². The smallest absolute Gasteiger partial charge is 0.137 e. The van der Waals surface area contributed by atoms with Crippen molar-refractivity contribution in [3.8, 4) is 5.75 Å². The predicted octanol–water partition coefficient (Wildman–Crippen LogP) is 11.4. The molecule has 2 aromatic rings. The number of aryl methyl sites for hydroxylation is 1. The van der Waals surface area contributed by atoms with Crippen LogP contribution in [0.2, 0.25) is 5.02 Å². The van der Waals surface area contributed by atoms with E-state index in [1.54, 1.807) is 7.11 Å². The topological polar surface area (TPSA) is 47.3 Å². The molecule has 2 rings (SSSR count). The minimum atomic E-state index is -0.256. The van der Waals surface area contributed by atoms with Gasteiger partial charge >= 0.3 is 0 Å². The standard InChI is InChI=1S/C39H56ClFN2OS/c1-26(2)23-35(24-28(4)27(3)15-13-17-33-21-22-38(44-9)36(40)25-33)32(8)43-37(20-14-16-29(5)42)30(6)31(7)39(45-41)34-18-11-10-12-19-34/h10-12,14,16,18-19,21-22,25-27,30-31,35,37,39,43H,4-5,8,13,15,17,20,23-24,42H2,1-3,6-7,9H3/b16-14+/t27?,30?,31?,35?,37-,39?/m0/s1. The Hall–Kier alpha value is -2.63. The molecule has 0 radical (unpaired) electrons. The molecule has 3 nitrogen and oxygen atoms in total. The molecule has 5 unspecified atom stereocenters. The Kier molecular flexibility index (Phi) is 17.0. The van der Waals surface area contributed by atoms with Crippen LogP contribution in [0, 0.1) is 29.6 Å². The molecule has 6 atom stereocenters. The average molecular weight is 655 g/mol. The summed E-state index contributed by atoms with van der Waals surface area (Å²) >= 11 is 6.76. The van der Waals surface area contributed by atoms with Gasteiger partial charge in [-0.05, 0) is 91.5 Å². The Morgan fingerprint density at radius 2 is 1.73 bits per heavy atom. The maximum atomic E-state index is 14.4. The van der Waals surface area contributed by atoms with Gasteiger partial charge in [0.05, 0.1) is 29.5 Å². The van der Waals surface area contributed by atoms with Gasteiger partial charge in [0.25, 0.3) is 0 Å². The first-order valence-electron chi connectivity index (χ1n) is 16.3. The lowest BCUT2D eigenvalue weighted by molar-refractivity contribution is 0.279. The third kappa shape index (κ3) is 12.9. The van der Waals surface area contributed by atoms with Gasteiger partial charge in [-0.1, -0.05) is 114 Å². The van der Waals surface area contributed by atoms with Crippen LogP contribution < -0.4 is 15.8 Å². The normalized spacial score (nSPS) is 15.7. The van der Waals surface area contributed by atoms with E-state index < -0.39 is 0 Å². The van der Waals surface area contributed by atoms with Crippen molar-refractivity contribution in [2.45, 2.75) is 84.4 Å². The summed E-state index contributed by atoms with van der Waals surface area (Å²) in [7, 11) is 1.63. The van der Waals surface area contributed by atoms with Crippen LogP contribution in [0.4, 0.5) is 3.89 Å². The van der Waals surface area contributed by atoms with Gasteiger partial charge in [-0.3, -0.25) is 0 Å². The SMILES string of the molecule is C=C(N)/C=C/C[C@H](NC(=C)C(CC(=C)C(C)CCCc1ccc(OC)c(Cl)c1)CC(C)C)C(C)C(C)C(SF)c1ccccc1. The number of allylic oxidation sites excluding steroid dienone is 3. The molecule has 0 amide bonds. The van der Waals surface area contributed by atoms with Gasteiger partial charge in [-0.2, -0.15) is 3.89 Å². The second kappa shape index (κ2) is 19.8. The van der Waals surface area contributed by atoms with E-state index in [0.717, 1.165) is 49.8 Å². The van der Waals surface area contributed by atoms with Crippen molar-refractivity contribution in [2.75, 3.05) is 7.11 Å². The molecule has 0 saturated carbocycles. The van der Waals surface area contributed by atoms with E-state index >= 15 is 0 Å². The third-order valence-electron chi connectivity index (χ3n) is 9.03. The first-order valence-corrected chi connectivity index (χ1v) is 17.4.